The van der Waals surface area contributed by atoms with E-state index in [4.69, 9.17) is 5.10 Å². The molecule has 1 N–H and O–H groups in total. The van der Waals surface area contributed by atoms with Crippen molar-refractivity contribution in [2.24, 2.45) is 5.10 Å². The van der Waals surface area contributed by atoms with Crippen molar-refractivity contribution in [3.63, 3.8) is 0 Å². The molecule has 5 nitrogen and oxygen atoms in total. The van der Waals surface area contributed by atoms with Gasteiger partial charge in [0.1, 0.15) is 18.7 Å². The molecule has 0 unspecified atom stereocenters. The van der Waals surface area contributed by atoms with Gasteiger partial charge in [-0.3, -0.25) is 4.90 Å². The van der Waals surface area contributed by atoms with Crippen LogP contribution in [-0.4, -0.2) is 41.3 Å². The summed E-state index contributed by atoms with van der Waals surface area (Å²) in [6.45, 7) is 8.63. The minimum absolute atomic E-state index is 0.285. The molecule has 0 atom stereocenters. The molecule has 1 aromatic carbocycles. The number of aliphatic carboxylic acids is 1. The van der Waals surface area contributed by atoms with Crippen molar-refractivity contribution in [1.29, 1.82) is 0 Å². The molecule has 0 fully saturated rings. The molecular formula is C16H20N3O2+. The predicted octanol–water partition coefficient (Wildman–Crippen LogP) is 2.42. The van der Waals surface area contributed by atoms with Crippen LogP contribution in [-0.2, 0) is 4.79 Å². The van der Waals surface area contributed by atoms with Crippen LogP contribution in [0.5, 0.6) is 0 Å². The van der Waals surface area contributed by atoms with Gasteiger partial charge in [0.2, 0.25) is 5.84 Å². The van der Waals surface area contributed by atoms with E-state index in [1.807, 2.05) is 19.1 Å². The van der Waals surface area contributed by atoms with Crippen molar-refractivity contribution in [3.05, 3.63) is 34.9 Å². The van der Waals surface area contributed by atoms with Crippen LogP contribution in [0.2, 0.25) is 0 Å². The van der Waals surface area contributed by atoms with Crippen LogP contribution >= 0.6 is 0 Å². The Bertz CT molecular complexity index is 672. The van der Waals surface area contributed by atoms with Crippen LogP contribution in [0.4, 0.5) is 5.69 Å². The number of carbonyl (C=O) groups is 1. The van der Waals surface area contributed by atoms with Gasteiger partial charge in [0.05, 0.1) is 5.69 Å². The zero-order valence-corrected chi connectivity index (χ0v) is 12.6. The number of aryl methyl sites for hydroxylation is 1. The number of nitrogens with zero attached hydrogens (tertiary/aromatic N) is 3. The highest BCUT2D eigenvalue weighted by Crippen LogP contribution is 2.36. The topological polar surface area (TPSA) is 52.9 Å². The number of benzene rings is 1. The quantitative estimate of drug-likeness (QED) is 0.868. The third kappa shape index (κ3) is 2.05. The summed E-state index contributed by atoms with van der Waals surface area (Å²) in [5.74, 6) is -0.332. The molecule has 2 aliphatic rings. The SMILES string of the molecule is CC[N+]1(CC)CN2C(=N1)C(C(=O)O)=Cc1ccc(C)cc12. The molecule has 0 saturated carbocycles. The number of hydrogen-bond donors (Lipinski definition) is 1. The molecule has 2 heterocycles. The van der Waals surface area contributed by atoms with E-state index in [2.05, 4.69) is 24.8 Å². The summed E-state index contributed by atoms with van der Waals surface area (Å²) in [7, 11) is 0. The largest absolute Gasteiger partial charge is 0.478 e. The number of rotatable bonds is 3. The molecule has 110 valence electrons. The second kappa shape index (κ2) is 4.70. The maximum absolute atomic E-state index is 11.6. The summed E-state index contributed by atoms with van der Waals surface area (Å²) in [6.07, 6.45) is 1.73. The molecule has 0 saturated heterocycles. The van der Waals surface area contributed by atoms with Crippen molar-refractivity contribution in [3.8, 4) is 0 Å². The van der Waals surface area contributed by atoms with Gasteiger partial charge in [-0.1, -0.05) is 17.2 Å². The lowest BCUT2D eigenvalue weighted by Gasteiger charge is -2.29. The minimum atomic E-state index is -0.919. The zero-order valence-electron chi connectivity index (χ0n) is 12.6. The molecule has 3 rings (SSSR count). The van der Waals surface area contributed by atoms with Gasteiger partial charge >= 0.3 is 5.97 Å². The molecule has 1 aromatic rings. The predicted molar refractivity (Wildman–Crippen MR) is 82.9 cm³/mol. The first-order valence-corrected chi connectivity index (χ1v) is 7.29. The first kappa shape index (κ1) is 13.8. The number of carboxylic acid groups (broad SMARTS) is 1. The average Bonchev–Trinajstić information content (AvgIpc) is 2.87. The fraction of sp³-hybridized carbons (Fsp3) is 0.375. The standard InChI is InChI=1S/C16H19N3O2/c1-4-19(5-2)10-18-14-8-11(3)6-7-12(14)9-13(16(20)21)15(18)17-19/h6-9H,4-5,10H2,1-3H3/p+1. The Morgan fingerprint density at radius 3 is 2.71 bits per heavy atom. The van der Waals surface area contributed by atoms with Crippen LogP contribution in [0.1, 0.15) is 25.0 Å². The summed E-state index contributed by atoms with van der Waals surface area (Å²) < 4.78 is 0.549. The summed E-state index contributed by atoms with van der Waals surface area (Å²) in [6, 6.07) is 6.09. The van der Waals surface area contributed by atoms with E-state index in [9.17, 15) is 9.90 Å². The van der Waals surface area contributed by atoms with Crippen molar-refractivity contribution in [1.82, 2.24) is 0 Å². The Morgan fingerprint density at radius 2 is 2.10 bits per heavy atom. The average molecular weight is 286 g/mol. The third-order valence-electron chi connectivity index (χ3n) is 4.39. The summed E-state index contributed by atoms with van der Waals surface area (Å²) >= 11 is 0. The second-order valence-corrected chi connectivity index (χ2v) is 5.65. The van der Waals surface area contributed by atoms with Crippen molar-refractivity contribution >= 4 is 23.6 Å². The molecular weight excluding hydrogens is 266 g/mol. The molecule has 0 spiro atoms. The zero-order chi connectivity index (χ0) is 15.2. The van der Waals surface area contributed by atoms with Gasteiger partial charge < -0.3 is 5.11 Å². The second-order valence-electron chi connectivity index (χ2n) is 5.65. The third-order valence-corrected chi connectivity index (χ3v) is 4.39. The van der Waals surface area contributed by atoms with Gasteiger partial charge in [0, 0.05) is 0 Å². The fourth-order valence-electron chi connectivity index (χ4n) is 2.96. The highest BCUT2D eigenvalue weighted by molar-refractivity contribution is 6.29. The monoisotopic (exact) mass is 286 g/mol. The summed E-state index contributed by atoms with van der Waals surface area (Å²) in [5, 5.41) is 14.2. The molecule has 2 aliphatic heterocycles. The number of amidine groups is 1. The number of hydrogen-bond acceptors (Lipinski definition) is 3. The first-order valence-electron chi connectivity index (χ1n) is 7.29. The van der Waals surface area contributed by atoms with Crippen molar-refractivity contribution < 1.29 is 14.5 Å². The van der Waals surface area contributed by atoms with Crippen LogP contribution < -0.4 is 4.90 Å². The highest BCUT2D eigenvalue weighted by Gasteiger charge is 2.43. The number of anilines is 1. The van der Waals surface area contributed by atoms with E-state index in [1.165, 1.54) is 5.56 Å². The lowest BCUT2D eigenvalue weighted by molar-refractivity contribution is -0.925. The summed E-state index contributed by atoms with van der Waals surface area (Å²) in [5.41, 5.74) is 3.45. The first-order chi connectivity index (χ1) is 9.99. The lowest BCUT2D eigenvalue weighted by atomic mass is 10.0. The van der Waals surface area contributed by atoms with Gasteiger partial charge in [-0.2, -0.15) is 4.59 Å². The smallest absolute Gasteiger partial charge is 0.339 e. The van der Waals surface area contributed by atoms with Crippen LogP contribution in [0.3, 0.4) is 0 Å². The van der Waals surface area contributed by atoms with E-state index in [0.717, 1.165) is 24.3 Å². The van der Waals surface area contributed by atoms with Crippen molar-refractivity contribution in [2.75, 3.05) is 24.7 Å². The summed E-state index contributed by atoms with van der Waals surface area (Å²) in [4.78, 5) is 13.6. The maximum atomic E-state index is 11.6. The number of carboxylic acids is 1. The van der Waals surface area contributed by atoms with Gasteiger partial charge in [-0.05, 0) is 44.0 Å². The fourth-order valence-corrected chi connectivity index (χ4v) is 2.96. The lowest BCUT2D eigenvalue weighted by Crippen LogP contribution is -2.45. The van der Waals surface area contributed by atoms with E-state index in [0.29, 0.717) is 17.1 Å². The Morgan fingerprint density at radius 1 is 1.38 bits per heavy atom. The molecule has 0 radical (unpaired) electrons. The highest BCUT2D eigenvalue weighted by atomic mass is 16.4. The Balaban J connectivity index is 2.19. The normalized spacial score (nSPS) is 18.7. The molecule has 0 aliphatic carbocycles. The van der Waals surface area contributed by atoms with Gasteiger partial charge in [0.15, 0.2) is 6.67 Å². The Labute approximate surface area is 124 Å². The Hall–Kier alpha value is -2.14. The van der Waals surface area contributed by atoms with Gasteiger partial charge in [0.25, 0.3) is 0 Å². The van der Waals surface area contributed by atoms with E-state index in [-0.39, 0.29) is 5.57 Å². The van der Waals surface area contributed by atoms with E-state index < -0.39 is 5.97 Å². The van der Waals surface area contributed by atoms with Crippen LogP contribution in [0.25, 0.3) is 6.08 Å². The molecule has 0 amide bonds. The molecule has 5 heteroatoms. The molecule has 21 heavy (non-hydrogen) atoms. The van der Waals surface area contributed by atoms with Crippen LogP contribution in [0, 0.1) is 6.92 Å². The van der Waals surface area contributed by atoms with Gasteiger partial charge in [-0.25, -0.2) is 4.79 Å². The van der Waals surface area contributed by atoms with E-state index >= 15 is 0 Å². The van der Waals surface area contributed by atoms with E-state index in [1.54, 1.807) is 6.08 Å². The van der Waals surface area contributed by atoms with Crippen LogP contribution in [0.15, 0.2) is 28.9 Å². The van der Waals surface area contributed by atoms with Crippen molar-refractivity contribution in [2.45, 2.75) is 20.8 Å². The maximum Gasteiger partial charge on any atom is 0.339 e. The van der Waals surface area contributed by atoms with Gasteiger partial charge in [-0.15, -0.1) is 0 Å². The number of quaternary nitrogens is 1. The molecule has 0 aromatic heterocycles. The minimum Gasteiger partial charge on any atom is -0.478 e. The number of fused-ring (bicyclic) bond motifs is 3. The molecule has 0 bridgehead atoms. The Kier molecular flexibility index (Phi) is 3.10.